The summed E-state index contributed by atoms with van der Waals surface area (Å²) in [6.07, 6.45) is 1.59. The molecule has 0 atom stereocenters. The Morgan fingerprint density at radius 1 is 1.23 bits per heavy atom. The van der Waals surface area contributed by atoms with Crippen LogP contribution in [0.3, 0.4) is 0 Å². The third-order valence-corrected chi connectivity index (χ3v) is 4.76. The maximum Gasteiger partial charge on any atom is 0.257 e. The van der Waals surface area contributed by atoms with Crippen LogP contribution in [0.1, 0.15) is 28.1 Å². The smallest absolute Gasteiger partial charge is 0.257 e. The second-order valence-corrected chi connectivity index (χ2v) is 6.37. The predicted octanol–water partition coefficient (Wildman–Crippen LogP) is 3.71. The number of amides is 1. The average molecular weight is 319 g/mol. The van der Waals surface area contributed by atoms with Crippen LogP contribution in [0.25, 0.3) is 0 Å². The van der Waals surface area contributed by atoms with E-state index in [1.54, 1.807) is 34.4 Å². The number of benzene rings is 1. The van der Waals surface area contributed by atoms with Crippen molar-refractivity contribution in [3.8, 4) is 0 Å². The van der Waals surface area contributed by atoms with Crippen LogP contribution < -0.4 is 0 Å². The van der Waals surface area contributed by atoms with Crippen molar-refractivity contribution in [1.82, 2.24) is 4.90 Å². The number of thiophene rings is 1. The number of nitrogens with zero attached hydrogens (tertiary/aromatic N) is 1. The van der Waals surface area contributed by atoms with Gasteiger partial charge in [-0.2, -0.15) is 0 Å². The highest BCUT2D eigenvalue weighted by Gasteiger charge is 2.28. The van der Waals surface area contributed by atoms with Crippen LogP contribution in [0.5, 0.6) is 0 Å². The summed E-state index contributed by atoms with van der Waals surface area (Å²) in [7, 11) is 0. The van der Waals surface area contributed by atoms with E-state index < -0.39 is 5.82 Å². The Balaban J connectivity index is 1.86. The number of halogens is 1. The molecular weight excluding hydrogens is 301 g/mol. The van der Waals surface area contributed by atoms with Crippen molar-refractivity contribution in [3.63, 3.8) is 0 Å². The fourth-order valence-corrected chi connectivity index (χ4v) is 3.43. The number of hydrogen-bond donors (Lipinski definition) is 0. The van der Waals surface area contributed by atoms with E-state index in [1.807, 2.05) is 17.5 Å². The van der Waals surface area contributed by atoms with Crippen LogP contribution in [-0.2, 0) is 11.3 Å². The molecule has 0 N–H and O–H groups in total. The number of carbonyl (C=O) groups excluding carboxylic acids is 1. The molecule has 3 nitrogen and oxygen atoms in total. The average Bonchev–Trinajstić information content (AvgIpc) is 3.06. The Bertz CT molecular complexity index is 623. The standard InChI is InChI=1S/C17H18FNO2S/c18-16-6-2-1-5-15(16)17(20)19(12-14-4-3-11-22-14)13-7-9-21-10-8-13/h1-6,11,13H,7-10,12H2. The highest BCUT2D eigenvalue weighted by atomic mass is 32.1. The lowest BCUT2D eigenvalue weighted by Gasteiger charge is -2.34. The third-order valence-electron chi connectivity index (χ3n) is 3.90. The second-order valence-electron chi connectivity index (χ2n) is 5.34. The van der Waals surface area contributed by atoms with Crippen LogP contribution >= 0.6 is 11.3 Å². The maximum absolute atomic E-state index is 14.0. The first kappa shape index (κ1) is 15.2. The lowest BCUT2D eigenvalue weighted by atomic mass is 10.0. The van der Waals surface area contributed by atoms with Crippen molar-refractivity contribution in [1.29, 1.82) is 0 Å². The Morgan fingerprint density at radius 2 is 2.00 bits per heavy atom. The zero-order valence-corrected chi connectivity index (χ0v) is 13.0. The fraction of sp³-hybridized carbons (Fsp3) is 0.353. The fourth-order valence-electron chi connectivity index (χ4n) is 2.72. The Hall–Kier alpha value is -1.72. The molecule has 22 heavy (non-hydrogen) atoms. The molecule has 3 rings (SSSR count). The van der Waals surface area contributed by atoms with Gasteiger partial charge < -0.3 is 9.64 Å². The summed E-state index contributed by atoms with van der Waals surface area (Å²) in [6, 6.07) is 10.3. The third kappa shape index (κ3) is 3.36. The van der Waals surface area contributed by atoms with Gasteiger partial charge in [-0.05, 0) is 36.4 Å². The molecule has 1 aromatic heterocycles. The van der Waals surface area contributed by atoms with Crippen molar-refractivity contribution in [3.05, 3.63) is 58.0 Å². The first-order valence-electron chi connectivity index (χ1n) is 7.41. The highest BCUT2D eigenvalue weighted by molar-refractivity contribution is 7.09. The van der Waals surface area contributed by atoms with Crippen molar-refractivity contribution in [2.24, 2.45) is 0 Å². The van der Waals surface area contributed by atoms with Gasteiger partial charge in [-0.15, -0.1) is 11.3 Å². The minimum Gasteiger partial charge on any atom is -0.381 e. The quantitative estimate of drug-likeness (QED) is 0.860. The van der Waals surface area contributed by atoms with E-state index in [0.29, 0.717) is 19.8 Å². The number of ether oxygens (including phenoxy) is 1. The van der Waals surface area contributed by atoms with Gasteiger partial charge in [-0.3, -0.25) is 4.79 Å². The topological polar surface area (TPSA) is 29.5 Å². The molecule has 2 heterocycles. The summed E-state index contributed by atoms with van der Waals surface area (Å²) in [6.45, 7) is 1.82. The molecule has 1 saturated heterocycles. The minimum atomic E-state index is -0.462. The lowest BCUT2D eigenvalue weighted by molar-refractivity contribution is 0.0267. The summed E-state index contributed by atoms with van der Waals surface area (Å²) < 4.78 is 19.4. The number of rotatable bonds is 4. The van der Waals surface area contributed by atoms with E-state index in [-0.39, 0.29) is 17.5 Å². The molecule has 0 aliphatic carbocycles. The van der Waals surface area contributed by atoms with Crippen molar-refractivity contribution in [2.45, 2.75) is 25.4 Å². The molecule has 0 saturated carbocycles. The van der Waals surface area contributed by atoms with Crippen molar-refractivity contribution >= 4 is 17.2 Å². The van der Waals surface area contributed by atoms with Crippen LogP contribution in [0, 0.1) is 5.82 Å². The maximum atomic E-state index is 14.0. The van der Waals surface area contributed by atoms with Gasteiger partial charge in [-0.1, -0.05) is 18.2 Å². The molecule has 1 amide bonds. The molecule has 1 fully saturated rings. The van der Waals surface area contributed by atoms with Crippen LogP contribution in [0.2, 0.25) is 0 Å². The Labute approximate surface area is 133 Å². The molecular formula is C17H18FNO2S. The van der Waals surface area contributed by atoms with Gasteiger partial charge in [0.05, 0.1) is 12.1 Å². The Morgan fingerprint density at radius 3 is 2.68 bits per heavy atom. The molecule has 5 heteroatoms. The van der Waals surface area contributed by atoms with Gasteiger partial charge in [0, 0.05) is 24.1 Å². The van der Waals surface area contributed by atoms with Gasteiger partial charge in [0.1, 0.15) is 5.82 Å². The second kappa shape index (κ2) is 7.03. The largest absolute Gasteiger partial charge is 0.381 e. The molecule has 1 aromatic carbocycles. The van der Waals surface area contributed by atoms with E-state index in [2.05, 4.69) is 0 Å². The summed E-state index contributed by atoms with van der Waals surface area (Å²) >= 11 is 1.61. The van der Waals surface area contributed by atoms with Gasteiger partial charge >= 0.3 is 0 Å². The Kier molecular flexibility index (Phi) is 4.85. The molecule has 0 radical (unpaired) electrons. The molecule has 0 bridgehead atoms. The SMILES string of the molecule is O=C(c1ccccc1F)N(Cc1cccs1)C1CCOCC1. The summed E-state index contributed by atoms with van der Waals surface area (Å²) in [5.41, 5.74) is 0.144. The van der Waals surface area contributed by atoms with E-state index in [9.17, 15) is 9.18 Å². The monoisotopic (exact) mass is 319 g/mol. The first-order valence-corrected chi connectivity index (χ1v) is 8.29. The normalized spacial score (nSPS) is 15.7. The number of hydrogen-bond acceptors (Lipinski definition) is 3. The molecule has 1 aliphatic heterocycles. The van der Waals surface area contributed by atoms with Gasteiger partial charge in [0.15, 0.2) is 0 Å². The molecule has 116 valence electrons. The highest BCUT2D eigenvalue weighted by Crippen LogP contribution is 2.23. The van der Waals surface area contributed by atoms with E-state index in [4.69, 9.17) is 4.74 Å². The van der Waals surface area contributed by atoms with Crippen LogP contribution in [0.15, 0.2) is 41.8 Å². The van der Waals surface area contributed by atoms with E-state index >= 15 is 0 Å². The summed E-state index contributed by atoms with van der Waals surface area (Å²) in [5.74, 6) is -0.700. The minimum absolute atomic E-state index is 0.1000. The van der Waals surface area contributed by atoms with Crippen molar-refractivity contribution in [2.75, 3.05) is 13.2 Å². The van der Waals surface area contributed by atoms with Gasteiger partial charge in [0.25, 0.3) is 5.91 Å². The molecule has 0 unspecified atom stereocenters. The number of carbonyl (C=O) groups is 1. The zero-order valence-electron chi connectivity index (χ0n) is 12.2. The van der Waals surface area contributed by atoms with E-state index in [1.165, 1.54) is 6.07 Å². The summed E-state index contributed by atoms with van der Waals surface area (Å²) in [4.78, 5) is 15.7. The summed E-state index contributed by atoms with van der Waals surface area (Å²) in [5, 5.41) is 1.99. The first-order chi connectivity index (χ1) is 10.8. The van der Waals surface area contributed by atoms with Gasteiger partial charge in [-0.25, -0.2) is 4.39 Å². The van der Waals surface area contributed by atoms with Gasteiger partial charge in [0.2, 0.25) is 0 Å². The predicted molar refractivity (Wildman–Crippen MR) is 84.4 cm³/mol. The van der Waals surface area contributed by atoms with E-state index in [0.717, 1.165) is 17.7 Å². The molecule has 2 aromatic rings. The van der Waals surface area contributed by atoms with Crippen molar-refractivity contribution < 1.29 is 13.9 Å². The van der Waals surface area contributed by atoms with Crippen LogP contribution in [-0.4, -0.2) is 30.1 Å². The van der Waals surface area contributed by atoms with Crippen LogP contribution in [0.4, 0.5) is 4.39 Å². The molecule has 0 spiro atoms. The lowest BCUT2D eigenvalue weighted by Crippen LogP contribution is -2.43. The zero-order chi connectivity index (χ0) is 15.4. The molecule has 1 aliphatic rings.